The fraction of sp³-hybridized carbons (Fsp3) is 0.381. The maximum atomic E-state index is 13.1. The van der Waals surface area contributed by atoms with Crippen molar-refractivity contribution in [3.8, 4) is 0 Å². The zero-order chi connectivity index (χ0) is 21.2. The van der Waals surface area contributed by atoms with Gasteiger partial charge in [-0.15, -0.1) is 0 Å². The van der Waals surface area contributed by atoms with E-state index in [0.717, 1.165) is 5.56 Å². The van der Waals surface area contributed by atoms with Crippen LogP contribution in [0.5, 0.6) is 0 Å². The molecule has 1 aliphatic rings. The fourth-order valence-corrected chi connectivity index (χ4v) is 4.97. The number of carbonyl (C=O) groups is 1. The molecular weight excluding hydrogens is 393 g/mol. The number of hydrogen-bond donors (Lipinski definition) is 1. The Bertz CT molecular complexity index is 985. The normalized spacial score (nSPS) is 17.1. The van der Waals surface area contributed by atoms with Crippen LogP contribution >= 0.6 is 0 Å². The maximum Gasteiger partial charge on any atom is 0.251 e. The number of amides is 1. The molecule has 1 fully saturated rings. The van der Waals surface area contributed by atoms with Crippen LogP contribution in [-0.2, 0) is 10.0 Å². The van der Waals surface area contributed by atoms with Crippen molar-refractivity contribution in [2.24, 2.45) is 0 Å². The van der Waals surface area contributed by atoms with Crippen LogP contribution < -0.4 is 5.32 Å². The van der Waals surface area contributed by atoms with Crippen LogP contribution in [0.3, 0.4) is 0 Å². The first-order valence-corrected chi connectivity index (χ1v) is 11.0. The van der Waals surface area contributed by atoms with E-state index in [2.05, 4.69) is 10.2 Å². The number of aryl methyl sites for hydroxylation is 1. The smallest absolute Gasteiger partial charge is 0.251 e. The predicted octanol–water partition coefficient (Wildman–Crippen LogP) is 2.56. The summed E-state index contributed by atoms with van der Waals surface area (Å²) in [4.78, 5) is 14.9. The molecule has 8 heteroatoms. The Hall–Kier alpha value is -2.29. The van der Waals surface area contributed by atoms with E-state index in [1.54, 1.807) is 38.1 Å². The Labute approximate surface area is 171 Å². The SMILES string of the molecule is Cc1ccc(C(=O)N[C@@H](C)c2ccc(F)cc2)cc1S(=O)(=O)N1CCN(C)CC1. The zero-order valence-electron chi connectivity index (χ0n) is 16.9. The van der Waals surface area contributed by atoms with Crippen molar-refractivity contribution in [3.05, 3.63) is 65.0 Å². The van der Waals surface area contributed by atoms with E-state index in [-0.39, 0.29) is 28.2 Å². The first-order chi connectivity index (χ1) is 13.7. The number of halogens is 1. The van der Waals surface area contributed by atoms with Crippen LogP contribution in [0.15, 0.2) is 47.4 Å². The standard InChI is InChI=1S/C21H26FN3O3S/c1-15-4-5-18(21(26)23-16(2)17-6-8-19(22)9-7-17)14-20(15)29(27,28)25-12-10-24(3)11-13-25/h4-9,14,16H,10-13H2,1-3H3,(H,23,26)/t16-/m0/s1. The van der Waals surface area contributed by atoms with Gasteiger partial charge in [-0.05, 0) is 56.3 Å². The van der Waals surface area contributed by atoms with E-state index in [1.165, 1.54) is 22.5 Å². The molecule has 6 nitrogen and oxygen atoms in total. The molecule has 1 N–H and O–H groups in total. The largest absolute Gasteiger partial charge is 0.346 e. The van der Waals surface area contributed by atoms with Gasteiger partial charge in [-0.25, -0.2) is 12.8 Å². The summed E-state index contributed by atoms with van der Waals surface area (Å²) in [6.45, 7) is 5.72. The van der Waals surface area contributed by atoms with Gasteiger partial charge in [-0.1, -0.05) is 18.2 Å². The molecule has 0 unspecified atom stereocenters. The fourth-order valence-electron chi connectivity index (χ4n) is 3.30. The van der Waals surface area contributed by atoms with Crippen molar-refractivity contribution in [1.82, 2.24) is 14.5 Å². The van der Waals surface area contributed by atoms with E-state index in [9.17, 15) is 17.6 Å². The Morgan fingerprint density at radius 1 is 1.07 bits per heavy atom. The number of likely N-dealkylation sites (N-methyl/N-ethyl adjacent to an activating group) is 1. The minimum atomic E-state index is -3.67. The molecule has 1 saturated heterocycles. The molecule has 1 atom stereocenters. The summed E-state index contributed by atoms with van der Waals surface area (Å²) in [5.41, 5.74) is 1.64. The first-order valence-electron chi connectivity index (χ1n) is 9.54. The third kappa shape index (κ3) is 4.83. The molecule has 0 bridgehead atoms. The molecule has 3 rings (SSSR count). The van der Waals surface area contributed by atoms with Crippen molar-refractivity contribution in [2.45, 2.75) is 24.8 Å². The second-order valence-corrected chi connectivity index (χ2v) is 9.34. The van der Waals surface area contributed by atoms with Crippen molar-refractivity contribution in [1.29, 1.82) is 0 Å². The van der Waals surface area contributed by atoms with Crippen LogP contribution in [0.1, 0.15) is 34.5 Å². The summed E-state index contributed by atoms with van der Waals surface area (Å²) >= 11 is 0. The van der Waals surface area contributed by atoms with E-state index in [1.807, 2.05) is 7.05 Å². The number of nitrogens with one attached hydrogen (secondary N) is 1. The Morgan fingerprint density at radius 3 is 2.31 bits per heavy atom. The Morgan fingerprint density at radius 2 is 1.69 bits per heavy atom. The van der Waals surface area contributed by atoms with Crippen LogP contribution in [0, 0.1) is 12.7 Å². The molecule has 29 heavy (non-hydrogen) atoms. The highest BCUT2D eigenvalue weighted by Crippen LogP contribution is 2.23. The minimum absolute atomic E-state index is 0.157. The maximum absolute atomic E-state index is 13.1. The average molecular weight is 420 g/mol. The summed E-state index contributed by atoms with van der Waals surface area (Å²) < 4.78 is 40.8. The lowest BCUT2D eigenvalue weighted by atomic mass is 10.1. The lowest BCUT2D eigenvalue weighted by molar-refractivity contribution is 0.0939. The molecule has 0 aromatic heterocycles. The molecule has 0 spiro atoms. The van der Waals surface area contributed by atoms with E-state index in [0.29, 0.717) is 31.7 Å². The molecule has 0 radical (unpaired) electrons. The minimum Gasteiger partial charge on any atom is -0.346 e. The number of benzene rings is 2. The predicted molar refractivity (Wildman–Crippen MR) is 110 cm³/mol. The van der Waals surface area contributed by atoms with Gasteiger partial charge in [-0.3, -0.25) is 4.79 Å². The van der Waals surface area contributed by atoms with Gasteiger partial charge in [0.05, 0.1) is 10.9 Å². The van der Waals surface area contributed by atoms with Gasteiger partial charge in [0.25, 0.3) is 5.91 Å². The first kappa shape index (κ1) is 21.4. The Balaban J connectivity index is 1.80. The summed E-state index contributed by atoms with van der Waals surface area (Å²) in [5, 5.41) is 2.84. The second kappa shape index (κ2) is 8.61. The molecule has 1 aliphatic heterocycles. The highest BCUT2D eigenvalue weighted by molar-refractivity contribution is 7.89. The number of nitrogens with zero attached hydrogens (tertiary/aromatic N) is 2. The summed E-state index contributed by atoms with van der Waals surface area (Å²) in [6, 6.07) is 10.3. The summed E-state index contributed by atoms with van der Waals surface area (Å²) in [5.74, 6) is -0.721. The molecule has 2 aromatic rings. The average Bonchev–Trinajstić information content (AvgIpc) is 2.69. The van der Waals surface area contributed by atoms with Crippen molar-refractivity contribution >= 4 is 15.9 Å². The second-order valence-electron chi connectivity index (χ2n) is 7.43. The number of sulfonamides is 1. The number of hydrogen-bond acceptors (Lipinski definition) is 4. The van der Waals surface area contributed by atoms with Crippen molar-refractivity contribution in [3.63, 3.8) is 0 Å². The van der Waals surface area contributed by atoms with Crippen molar-refractivity contribution in [2.75, 3.05) is 33.2 Å². The molecule has 1 heterocycles. The van der Waals surface area contributed by atoms with Gasteiger partial charge in [0, 0.05) is 31.7 Å². The molecule has 2 aromatic carbocycles. The third-order valence-corrected chi connectivity index (χ3v) is 7.29. The molecule has 0 saturated carbocycles. The highest BCUT2D eigenvalue weighted by Gasteiger charge is 2.29. The lowest BCUT2D eigenvalue weighted by Crippen LogP contribution is -2.47. The highest BCUT2D eigenvalue weighted by atomic mass is 32.2. The topological polar surface area (TPSA) is 69.7 Å². The van der Waals surface area contributed by atoms with Gasteiger partial charge >= 0.3 is 0 Å². The molecular formula is C21H26FN3O3S. The lowest BCUT2D eigenvalue weighted by Gasteiger charge is -2.32. The van der Waals surface area contributed by atoms with Gasteiger partial charge in [0.15, 0.2) is 0 Å². The quantitative estimate of drug-likeness (QED) is 0.809. The summed E-state index contributed by atoms with van der Waals surface area (Å²) in [7, 11) is -1.71. The molecule has 1 amide bonds. The molecule has 0 aliphatic carbocycles. The Kier molecular flexibility index (Phi) is 6.36. The van der Waals surface area contributed by atoms with Crippen LogP contribution in [-0.4, -0.2) is 56.8 Å². The number of piperazine rings is 1. The van der Waals surface area contributed by atoms with Gasteiger partial charge in [0.2, 0.25) is 10.0 Å². The third-order valence-electron chi connectivity index (χ3n) is 5.25. The van der Waals surface area contributed by atoms with E-state index < -0.39 is 10.0 Å². The van der Waals surface area contributed by atoms with Crippen LogP contribution in [0.4, 0.5) is 4.39 Å². The van der Waals surface area contributed by atoms with Gasteiger partial charge in [-0.2, -0.15) is 4.31 Å². The van der Waals surface area contributed by atoms with Gasteiger partial charge < -0.3 is 10.2 Å². The van der Waals surface area contributed by atoms with E-state index in [4.69, 9.17) is 0 Å². The number of carbonyl (C=O) groups excluding carboxylic acids is 1. The monoisotopic (exact) mass is 419 g/mol. The molecule has 156 valence electrons. The van der Waals surface area contributed by atoms with Crippen LogP contribution in [0.2, 0.25) is 0 Å². The zero-order valence-corrected chi connectivity index (χ0v) is 17.7. The van der Waals surface area contributed by atoms with E-state index >= 15 is 0 Å². The summed E-state index contributed by atoms with van der Waals surface area (Å²) in [6.07, 6.45) is 0. The van der Waals surface area contributed by atoms with Crippen molar-refractivity contribution < 1.29 is 17.6 Å². The number of rotatable bonds is 5. The van der Waals surface area contributed by atoms with Gasteiger partial charge in [0.1, 0.15) is 5.82 Å². The van der Waals surface area contributed by atoms with Crippen LogP contribution in [0.25, 0.3) is 0 Å².